The summed E-state index contributed by atoms with van der Waals surface area (Å²) < 4.78 is 0. The van der Waals surface area contributed by atoms with Crippen LogP contribution in [0.4, 0.5) is 17.2 Å². The number of aromatic nitrogens is 1. The molecule has 8 nitrogen and oxygen atoms in total. The Hall–Kier alpha value is -4.30. The van der Waals surface area contributed by atoms with Gasteiger partial charge in [0.05, 0.1) is 23.3 Å². The predicted octanol–water partition coefficient (Wildman–Crippen LogP) is 1.70. The van der Waals surface area contributed by atoms with Gasteiger partial charge in [-0.05, 0) is 57.4 Å². The van der Waals surface area contributed by atoms with Gasteiger partial charge in [-0.15, -0.1) is 0 Å². The number of nitrogens with zero attached hydrogens (tertiary/aromatic N) is 4. The average Bonchev–Trinajstić information content (AvgIpc) is 2.99. The van der Waals surface area contributed by atoms with Crippen molar-refractivity contribution in [1.82, 2.24) is 9.88 Å². The van der Waals surface area contributed by atoms with Crippen molar-refractivity contribution in [2.24, 2.45) is 4.99 Å². The summed E-state index contributed by atoms with van der Waals surface area (Å²) in [6.45, 7) is 1.93. The molecule has 0 amide bonds. The molecular weight excluding hydrogens is 444 g/mol. The molecule has 0 N–H and O–H groups in total. The number of fused-ring (bicyclic) bond motifs is 2. The van der Waals surface area contributed by atoms with E-state index in [1.165, 1.54) is 0 Å². The fourth-order valence-electron chi connectivity index (χ4n) is 3.61. The third-order valence-electron chi connectivity index (χ3n) is 5.09. The number of rotatable bonds is 7. The molecule has 3 aromatic rings. The summed E-state index contributed by atoms with van der Waals surface area (Å²) in [5.41, 5.74) is 5.34. The van der Waals surface area contributed by atoms with Gasteiger partial charge in [0.25, 0.3) is 0 Å². The molecule has 0 bridgehead atoms. The van der Waals surface area contributed by atoms with Crippen LogP contribution in [0.25, 0.3) is 0 Å². The van der Waals surface area contributed by atoms with Gasteiger partial charge in [-0.3, -0.25) is 0 Å². The summed E-state index contributed by atoms with van der Waals surface area (Å²) in [6.07, 6.45) is 3.67. The second-order valence-corrected chi connectivity index (χ2v) is 7.97. The molecule has 2 heterocycles. The largest absolute Gasteiger partial charge is 0.545 e. The van der Waals surface area contributed by atoms with E-state index in [0.29, 0.717) is 12.2 Å². The average molecular weight is 471 g/mol. The summed E-state index contributed by atoms with van der Waals surface area (Å²) in [4.78, 5) is 33.1. The highest BCUT2D eigenvalue weighted by Crippen LogP contribution is 2.39. The van der Waals surface area contributed by atoms with Gasteiger partial charge in [0.2, 0.25) is 0 Å². The van der Waals surface area contributed by atoms with E-state index in [2.05, 4.69) is 78.5 Å². The van der Waals surface area contributed by atoms with E-state index in [1.54, 1.807) is 0 Å². The highest BCUT2D eigenvalue weighted by atomic mass is 16.4. The predicted molar refractivity (Wildman–Crippen MR) is 132 cm³/mol. The second-order valence-electron chi connectivity index (χ2n) is 7.97. The molecule has 0 atom stereocenters. The number of hydrogen-bond donors (Lipinski definition) is 0. The van der Waals surface area contributed by atoms with Gasteiger partial charge >= 0.3 is 0 Å². The Morgan fingerprint density at radius 1 is 0.914 bits per heavy atom. The lowest BCUT2D eigenvalue weighted by Gasteiger charge is -2.26. The SMILES string of the molecule is CN(C)CCCN1c2ccccc2C(c2ccccc2)=Nc2cccnc21.O=C([O-])/C=C/C(=O)[O-]. The zero-order chi connectivity index (χ0) is 25.2. The Kier molecular flexibility index (Phi) is 8.86. The number of carboxylic acids is 2. The molecule has 1 aromatic heterocycles. The van der Waals surface area contributed by atoms with Crippen LogP contribution >= 0.6 is 0 Å². The Bertz CT molecular complexity index is 1210. The van der Waals surface area contributed by atoms with Crippen molar-refractivity contribution in [2.75, 3.05) is 32.1 Å². The first-order chi connectivity index (χ1) is 16.9. The minimum absolute atomic E-state index is 0.384. The number of para-hydroxylation sites is 1. The van der Waals surface area contributed by atoms with Gasteiger partial charge in [-0.25, -0.2) is 9.98 Å². The lowest BCUT2D eigenvalue weighted by atomic mass is 10.00. The van der Waals surface area contributed by atoms with E-state index in [4.69, 9.17) is 9.98 Å². The van der Waals surface area contributed by atoms with E-state index < -0.39 is 11.9 Å². The first kappa shape index (κ1) is 25.3. The summed E-state index contributed by atoms with van der Waals surface area (Å²) in [6, 6.07) is 22.9. The molecule has 1 aliphatic rings. The van der Waals surface area contributed by atoms with Gasteiger partial charge in [0.1, 0.15) is 5.69 Å². The minimum atomic E-state index is -1.55. The van der Waals surface area contributed by atoms with Crippen LogP contribution in [0.3, 0.4) is 0 Å². The highest BCUT2D eigenvalue weighted by Gasteiger charge is 2.24. The molecule has 0 unspecified atom stereocenters. The first-order valence-electron chi connectivity index (χ1n) is 11.1. The minimum Gasteiger partial charge on any atom is -0.545 e. The van der Waals surface area contributed by atoms with Gasteiger partial charge in [-0.1, -0.05) is 48.5 Å². The standard InChI is InChI=1S/C23H24N4.C4H4O4/c1-26(2)16-9-17-27-21-14-7-6-12-19(21)22(18-10-4-3-5-11-18)25-20-13-8-15-24-23(20)27;5-3(6)1-2-4(7)8/h3-8,10-15H,9,16-17H2,1-2H3;1-2H,(H,5,6)(H,7,8)/p-2/b;2-1+. The fourth-order valence-corrected chi connectivity index (χ4v) is 3.61. The van der Waals surface area contributed by atoms with Crippen LogP contribution in [-0.2, 0) is 9.59 Å². The number of benzene rings is 2. The summed E-state index contributed by atoms with van der Waals surface area (Å²) in [5.74, 6) is -2.17. The maximum atomic E-state index is 9.41. The lowest BCUT2D eigenvalue weighted by molar-refractivity contribution is -0.301. The van der Waals surface area contributed by atoms with Crippen LogP contribution in [0, 0.1) is 0 Å². The summed E-state index contributed by atoms with van der Waals surface area (Å²) in [5, 5.41) is 18.8. The molecular formula is C27H26N4O4-2. The van der Waals surface area contributed by atoms with Gasteiger partial charge in [-0.2, -0.15) is 0 Å². The number of carboxylic acid groups (broad SMARTS) is 2. The molecule has 180 valence electrons. The van der Waals surface area contributed by atoms with Crippen molar-refractivity contribution < 1.29 is 19.8 Å². The van der Waals surface area contributed by atoms with E-state index in [0.717, 1.165) is 53.5 Å². The third-order valence-corrected chi connectivity index (χ3v) is 5.09. The quantitative estimate of drug-likeness (QED) is 0.483. The fraction of sp³-hybridized carbons (Fsp3) is 0.185. The van der Waals surface area contributed by atoms with Crippen LogP contribution in [0.5, 0.6) is 0 Å². The highest BCUT2D eigenvalue weighted by molar-refractivity contribution is 6.18. The smallest absolute Gasteiger partial charge is 0.159 e. The maximum Gasteiger partial charge on any atom is 0.159 e. The van der Waals surface area contributed by atoms with Crippen LogP contribution in [-0.4, -0.2) is 54.7 Å². The normalized spacial score (nSPS) is 12.2. The van der Waals surface area contributed by atoms with E-state index >= 15 is 0 Å². The second kappa shape index (κ2) is 12.2. The Labute approximate surface area is 204 Å². The van der Waals surface area contributed by atoms with Crippen molar-refractivity contribution in [3.63, 3.8) is 0 Å². The zero-order valence-electron chi connectivity index (χ0n) is 19.6. The Balaban J connectivity index is 0.000000371. The zero-order valence-corrected chi connectivity index (χ0v) is 19.6. The summed E-state index contributed by atoms with van der Waals surface area (Å²) in [7, 11) is 4.22. The lowest BCUT2D eigenvalue weighted by Crippen LogP contribution is -2.24. The van der Waals surface area contributed by atoms with Crippen molar-refractivity contribution >= 4 is 34.8 Å². The van der Waals surface area contributed by atoms with Crippen molar-refractivity contribution in [3.8, 4) is 0 Å². The van der Waals surface area contributed by atoms with Crippen LogP contribution in [0.2, 0.25) is 0 Å². The molecule has 2 aromatic carbocycles. The van der Waals surface area contributed by atoms with Crippen molar-refractivity contribution in [2.45, 2.75) is 6.42 Å². The van der Waals surface area contributed by atoms with Crippen LogP contribution in [0.15, 0.2) is 90.1 Å². The van der Waals surface area contributed by atoms with Gasteiger partial charge in [0, 0.05) is 23.9 Å². The summed E-state index contributed by atoms with van der Waals surface area (Å²) >= 11 is 0. The van der Waals surface area contributed by atoms with Crippen molar-refractivity contribution in [3.05, 3.63) is 96.2 Å². The number of aliphatic carboxylic acids is 2. The molecule has 0 saturated carbocycles. The van der Waals surface area contributed by atoms with E-state index in [-0.39, 0.29) is 0 Å². The topological polar surface area (TPSA) is 112 Å². The number of pyridine rings is 1. The monoisotopic (exact) mass is 470 g/mol. The van der Waals surface area contributed by atoms with Crippen LogP contribution in [0.1, 0.15) is 17.5 Å². The van der Waals surface area contributed by atoms with E-state index in [1.807, 2.05) is 18.3 Å². The first-order valence-corrected chi connectivity index (χ1v) is 11.1. The molecule has 0 fully saturated rings. The molecule has 0 spiro atoms. The molecule has 35 heavy (non-hydrogen) atoms. The van der Waals surface area contributed by atoms with Crippen molar-refractivity contribution in [1.29, 1.82) is 0 Å². The molecule has 1 aliphatic heterocycles. The molecule has 4 rings (SSSR count). The Morgan fingerprint density at radius 2 is 1.57 bits per heavy atom. The molecule has 0 aliphatic carbocycles. The maximum absolute atomic E-state index is 9.41. The Morgan fingerprint density at radius 3 is 2.23 bits per heavy atom. The number of aliphatic imine (C=N–C) groups is 1. The molecule has 8 heteroatoms. The van der Waals surface area contributed by atoms with Gasteiger partial charge < -0.3 is 29.6 Å². The van der Waals surface area contributed by atoms with E-state index in [9.17, 15) is 19.8 Å². The van der Waals surface area contributed by atoms with Gasteiger partial charge in [0.15, 0.2) is 5.82 Å². The third kappa shape index (κ3) is 7.09. The molecule has 0 radical (unpaired) electrons. The molecule has 0 saturated heterocycles. The number of carbonyl (C=O) groups excluding carboxylic acids is 2. The number of carbonyl (C=O) groups is 2. The van der Waals surface area contributed by atoms with Crippen LogP contribution < -0.4 is 15.1 Å². The number of hydrogen-bond acceptors (Lipinski definition) is 8. The number of anilines is 2.